The van der Waals surface area contributed by atoms with E-state index in [4.69, 9.17) is 18.7 Å². The van der Waals surface area contributed by atoms with Gasteiger partial charge >= 0.3 is 19.5 Å². The van der Waals surface area contributed by atoms with Crippen LogP contribution in [0.25, 0.3) is 6.08 Å². The van der Waals surface area contributed by atoms with Crippen LogP contribution in [0.15, 0.2) is 24.3 Å². The van der Waals surface area contributed by atoms with E-state index < -0.39 is 25.5 Å². The van der Waals surface area contributed by atoms with Crippen LogP contribution < -0.4 is 14.3 Å². The second-order valence-electron chi connectivity index (χ2n) is 6.29. The summed E-state index contributed by atoms with van der Waals surface area (Å²) in [6, 6.07) is 3.90. The second kappa shape index (κ2) is 11.6. The molecule has 0 bridgehead atoms. The van der Waals surface area contributed by atoms with Gasteiger partial charge in [-0.2, -0.15) is 0 Å². The van der Waals surface area contributed by atoms with Crippen LogP contribution in [0.2, 0.25) is 0 Å². The van der Waals surface area contributed by atoms with E-state index in [1.807, 2.05) is 0 Å². The summed E-state index contributed by atoms with van der Waals surface area (Å²) in [7, 11) is 0.441. The Hall–Kier alpha value is -2.35. The molecule has 1 rings (SSSR count). The molecule has 0 aliphatic carbocycles. The minimum Gasteiger partial charge on any atom is -0.493 e. The fourth-order valence-corrected chi connectivity index (χ4v) is 3.88. The number of esters is 2. The molecule has 1 aromatic carbocycles. The van der Waals surface area contributed by atoms with Crippen LogP contribution in [-0.4, -0.2) is 51.8 Å². The molecule has 1 aromatic rings. The monoisotopic (exact) mass is 429 g/mol. The van der Waals surface area contributed by atoms with Gasteiger partial charge in [0, 0.05) is 13.2 Å². The summed E-state index contributed by atoms with van der Waals surface area (Å²) in [5.74, 6) is -0.594. The molecule has 0 heterocycles. The van der Waals surface area contributed by atoms with Crippen molar-refractivity contribution in [1.82, 2.24) is 5.09 Å². The number of nitrogens with one attached hydrogen (secondary N) is 1. The predicted molar refractivity (Wildman–Crippen MR) is 108 cm³/mol. The lowest BCUT2D eigenvalue weighted by molar-refractivity contribution is -0.149. The molecule has 9 nitrogen and oxygen atoms in total. The first-order valence-electron chi connectivity index (χ1n) is 8.84. The van der Waals surface area contributed by atoms with Crippen molar-refractivity contribution in [1.29, 1.82) is 0 Å². The fourth-order valence-electron chi connectivity index (χ4n) is 2.20. The first-order valence-corrected chi connectivity index (χ1v) is 10.6. The van der Waals surface area contributed by atoms with Crippen molar-refractivity contribution >= 4 is 25.5 Å². The third-order valence-corrected chi connectivity index (χ3v) is 5.31. The highest BCUT2D eigenvalue weighted by atomic mass is 31.2. The first kappa shape index (κ1) is 24.7. The number of hydrogen-bond acceptors (Lipinski definition) is 8. The van der Waals surface area contributed by atoms with E-state index >= 15 is 0 Å². The third-order valence-electron chi connectivity index (χ3n) is 3.44. The lowest BCUT2D eigenvalue weighted by Crippen LogP contribution is -2.36. The van der Waals surface area contributed by atoms with Gasteiger partial charge < -0.3 is 23.5 Å². The summed E-state index contributed by atoms with van der Waals surface area (Å²) < 4.78 is 38.8. The van der Waals surface area contributed by atoms with Gasteiger partial charge in [0.25, 0.3) is 0 Å². The Kier molecular flexibility index (Phi) is 9.88. The molecular weight excluding hydrogens is 401 g/mol. The molecule has 0 saturated carbocycles. The number of rotatable bonds is 11. The van der Waals surface area contributed by atoms with Gasteiger partial charge in [0.05, 0.1) is 20.3 Å². The number of methoxy groups -OCH3 is 3. The number of carbonyl (C=O) groups is 2. The Morgan fingerprint density at radius 1 is 1.14 bits per heavy atom. The van der Waals surface area contributed by atoms with Crippen LogP contribution in [0.1, 0.15) is 26.3 Å². The van der Waals surface area contributed by atoms with Crippen LogP contribution in [-0.2, 0) is 28.4 Å². The molecule has 0 aliphatic rings. The van der Waals surface area contributed by atoms with Crippen molar-refractivity contribution in [3.05, 3.63) is 29.8 Å². The van der Waals surface area contributed by atoms with Crippen LogP contribution in [0, 0.1) is 0 Å². The van der Waals surface area contributed by atoms with Crippen LogP contribution in [0.5, 0.6) is 11.5 Å². The quantitative estimate of drug-likeness (QED) is 0.322. The van der Waals surface area contributed by atoms with Gasteiger partial charge in [-0.05, 0) is 44.5 Å². The minimum absolute atomic E-state index is 0.181. The van der Waals surface area contributed by atoms with Gasteiger partial charge in [-0.25, -0.2) is 9.88 Å². The number of benzene rings is 1. The number of ether oxygens (including phenoxy) is 4. The summed E-state index contributed by atoms with van der Waals surface area (Å²) in [6.07, 6.45) is 2.21. The summed E-state index contributed by atoms with van der Waals surface area (Å²) in [5, 5.41) is 2.66. The maximum absolute atomic E-state index is 13.2. The zero-order valence-electron chi connectivity index (χ0n) is 17.5. The SMILES string of the molecule is COCP(=O)(NC(C)C(=O)OC(C)C)Oc1ccc(/C=C/C(=O)OC)cc1OC. The third kappa shape index (κ3) is 8.27. The molecule has 0 spiro atoms. The highest BCUT2D eigenvalue weighted by Crippen LogP contribution is 2.46. The number of carbonyl (C=O) groups excluding carboxylic acids is 2. The molecule has 0 radical (unpaired) electrons. The van der Waals surface area contributed by atoms with E-state index in [-0.39, 0.29) is 24.0 Å². The van der Waals surface area contributed by atoms with E-state index in [9.17, 15) is 14.2 Å². The summed E-state index contributed by atoms with van der Waals surface area (Å²) in [6.45, 7) is 4.96. The maximum Gasteiger partial charge on any atom is 0.342 e. The topological polar surface area (TPSA) is 109 Å². The zero-order valence-corrected chi connectivity index (χ0v) is 18.4. The van der Waals surface area contributed by atoms with Crippen molar-refractivity contribution in [2.24, 2.45) is 0 Å². The molecule has 0 saturated heterocycles. The van der Waals surface area contributed by atoms with Crippen molar-refractivity contribution in [2.75, 3.05) is 27.7 Å². The minimum atomic E-state index is -3.63. The summed E-state index contributed by atoms with van der Waals surface area (Å²) in [4.78, 5) is 23.3. The summed E-state index contributed by atoms with van der Waals surface area (Å²) in [5.41, 5.74) is 0.642. The van der Waals surface area contributed by atoms with E-state index in [1.54, 1.807) is 26.0 Å². The molecule has 1 N–H and O–H groups in total. The van der Waals surface area contributed by atoms with E-state index in [0.717, 1.165) is 0 Å². The Balaban J connectivity index is 3.05. The normalized spacial score (nSPS) is 14.3. The van der Waals surface area contributed by atoms with Crippen molar-refractivity contribution < 1.29 is 37.6 Å². The molecule has 0 aliphatic heterocycles. The molecule has 2 unspecified atom stereocenters. The first-order chi connectivity index (χ1) is 13.6. The maximum atomic E-state index is 13.2. The molecule has 0 fully saturated rings. The summed E-state index contributed by atoms with van der Waals surface area (Å²) >= 11 is 0. The largest absolute Gasteiger partial charge is 0.493 e. The van der Waals surface area contributed by atoms with Crippen LogP contribution in [0.4, 0.5) is 0 Å². The van der Waals surface area contributed by atoms with Gasteiger partial charge in [0.15, 0.2) is 11.5 Å². The Bertz CT molecular complexity index is 777. The van der Waals surface area contributed by atoms with E-state index in [1.165, 1.54) is 46.5 Å². The van der Waals surface area contributed by atoms with Crippen molar-refractivity contribution in [2.45, 2.75) is 32.9 Å². The molecule has 0 amide bonds. The average molecular weight is 429 g/mol. The molecule has 0 aromatic heterocycles. The predicted octanol–water partition coefficient (Wildman–Crippen LogP) is 2.99. The Morgan fingerprint density at radius 3 is 2.38 bits per heavy atom. The van der Waals surface area contributed by atoms with Crippen LogP contribution >= 0.6 is 7.52 Å². The van der Waals surface area contributed by atoms with Crippen LogP contribution in [0.3, 0.4) is 0 Å². The van der Waals surface area contributed by atoms with Gasteiger partial charge in [-0.15, -0.1) is 0 Å². The lowest BCUT2D eigenvalue weighted by Gasteiger charge is -2.24. The second-order valence-corrected chi connectivity index (χ2v) is 8.33. The smallest absolute Gasteiger partial charge is 0.342 e. The zero-order chi connectivity index (χ0) is 22.0. The van der Waals surface area contributed by atoms with E-state index in [2.05, 4.69) is 9.82 Å². The molecule has 2 atom stereocenters. The fraction of sp³-hybridized carbons (Fsp3) is 0.474. The highest BCUT2D eigenvalue weighted by molar-refractivity contribution is 7.57. The highest BCUT2D eigenvalue weighted by Gasteiger charge is 2.31. The van der Waals surface area contributed by atoms with Gasteiger partial charge in [0.1, 0.15) is 12.4 Å². The number of hydrogen-bond donors (Lipinski definition) is 1. The van der Waals surface area contributed by atoms with Crippen molar-refractivity contribution in [3.8, 4) is 11.5 Å². The Morgan fingerprint density at radius 2 is 1.83 bits per heavy atom. The molecular formula is C19H28NO8P. The van der Waals surface area contributed by atoms with Gasteiger partial charge in [-0.1, -0.05) is 6.07 Å². The molecule has 10 heteroatoms. The Labute approximate surface area is 170 Å². The van der Waals surface area contributed by atoms with Gasteiger partial charge in [-0.3, -0.25) is 9.36 Å². The molecule has 162 valence electrons. The lowest BCUT2D eigenvalue weighted by atomic mass is 10.2. The standard InChI is InChI=1S/C19H28NO8P/c1-13(2)27-19(22)14(3)20-29(23,12-24-4)28-16-9-7-15(11-17(16)25-5)8-10-18(21)26-6/h7-11,13-14H,12H2,1-6H3,(H,20,23)/b10-8+. The molecule has 29 heavy (non-hydrogen) atoms. The average Bonchev–Trinajstić information content (AvgIpc) is 2.66. The van der Waals surface area contributed by atoms with Gasteiger partial charge in [0.2, 0.25) is 0 Å². The van der Waals surface area contributed by atoms with E-state index in [0.29, 0.717) is 5.56 Å². The van der Waals surface area contributed by atoms with Crippen molar-refractivity contribution in [3.63, 3.8) is 0 Å².